The van der Waals surface area contributed by atoms with E-state index in [4.69, 9.17) is 0 Å². The van der Waals surface area contributed by atoms with Gasteiger partial charge in [0.15, 0.2) is 11.6 Å². The van der Waals surface area contributed by atoms with Gasteiger partial charge in [-0.2, -0.15) is 0 Å². The second-order valence-corrected chi connectivity index (χ2v) is 5.57. The molecule has 0 atom stereocenters. The number of non-ortho nitro benzene ring substituents is 1. The van der Waals surface area contributed by atoms with Crippen LogP contribution in [0.4, 0.5) is 20.2 Å². The molecular formula is C15H22F2N2O2. The highest BCUT2D eigenvalue weighted by molar-refractivity contribution is 5.51. The van der Waals surface area contributed by atoms with Crippen molar-refractivity contribution in [1.29, 1.82) is 0 Å². The third kappa shape index (κ3) is 6.06. The van der Waals surface area contributed by atoms with Crippen molar-refractivity contribution >= 4 is 11.4 Å². The van der Waals surface area contributed by atoms with E-state index in [9.17, 15) is 18.9 Å². The van der Waals surface area contributed by atoms with Gasteiger partial charge in [0, 0.05) is 6.54 Å². The van der Waals surface area contributed by atoms with Gasteiger partial charge in [0.2, 0.25) is 0 Å². The number of halogens is 2. The van der Waals surface area contributed by atoms with E-state index in [1.807, 2.05) is 0 Å². The van der Waals surface area contributed by atoms with Gasteiger partial charge >= 0.3 is 0 Å². The largest absolute Gasteiger partial charge is 0.380 e. The minimum absolute atomic E-state index is 0.289. The second-order valence-electron chi connectivity index (χ2n) is 5.57. The molecule has 0 amide bonds. The number of benzene rings is 1. The van der Waals surface area contributed by atoms with Crippen molar-refractivity contribution in [3.63, 3.8) is 0 Å². The Hall–Kier alpha value is -1.72. The van der Waals surface area contributed by atoms with E-state index in [0.29, 0.717) is 12.5 Å². The van der Waals surface area contributed by atoms with Gasteiger partial charge in [0.05, 0.1) is 17.1 Å². The molecule has 0 heterocycles. The summed E-state index contributed by atoms with van der Waals surface area (Å²) in [6.07, 6.45) is 5.27. The number of nitro benzene ring substituents is 1. The van der Waals surface area contributed by atoms with E-state index in [1.165, 1.54) is 6.42 Å². The van der Waals surface area contributed by atoms with E-state index < -0.39 is 22.2 Å². The Balaban J connectivity index is 2.37. The van der Waals surface area contributed by atoms with Crippen LogP contribution in [0.5, 0.6) is 0 Å². The van der Waals surface area contributed by atoms with Gasteiger partial charge in [-0.1, -0.05) is 39.5 Å². The highest BCUT2D eigenvalue weighted by Crippen LogP contribution is 2.24. The molecule has 0 fully saturated rings. The minimum Gasteiger partial charge on any atom is -0.380 e. The molecule has 1 aromatic carbocycles. The number of nitrogens with zero attached hydrogens (tertiary/aromatic N) is 1. The van der Waals surface area contributed by atoms with Crippen LogP contribution in [0.3, 0.4) is 0 Å². The number of hydrogen-bond donors (Lipinski definition) is 1. The highest BCUT2D eigenvalue weighted by atomic mass is 19.1. The molecule has 0 saturated heterocycles. The molecule has 1 N–H and O–H groups in total. The molecule has 21 heavy (non-hydrogen) atoms. The Labute approximate surface area is 123 Å². The third-order valence-electron chi connectivity index (χ3n) is 3.25. The summed E-state index contributed by atoms with van der Waals surface area (Å²) in [5.74, 6) is -1.16. The smallest absolute Gasteiger partial charge is 0.275 e. The van der Waals surface area contributed by atoms with Crippen molar-refractivity contribution < 1.29 is 13.7 Å². The Morgan fingerprint density at radius 2 is 1.71 bits per heavy atom. The molecule has 0 bridgehead atoms. The first-order valence-corrected chi connectivity index (χ1v) is 7.29. The minimum atomic E-state index is -0.929. The molecule has 0 spiro atoms. The standard InChI is InChI=1S/C15H22F2N2O2/c1-11(2)7-5-3-4-6-8-18-15-13(16)9-12(19(20)21)10-14(15)17/h9-11,18H,3-8H2,1-2H3. The summed E-state index contributed by atoms with van der Waals surface area (Å²) < 4.78 is 27.2. The number of nitro groups is 1. The molecule has 1 aromatic rings. The van der Waals surface area contributed by atoms with Gasteiger partial charge in [0.1, 0.15) is 5.69 Å². The summed E-state index contributed by atoms with van der Waals surface area (Å²) in [5, 5.41) is 13.2. The summed E-state index contributed by atoms with van der Waals surface area (Å²) in [5.41, 5.74) is -0.869. The molecule has 0 aliphatic carbocycles. The maximum Gasteiger partial charge on any atom is 0.275 e. The lowest BCUT2D eigenvalue weighted by atomic mass is 10.0. The number of unbranched alkanes of at least 4 members (excludes halogenated alkanes) is 3. The maximum absolute atomic E-state index is 13.6. The highest BCUT2D eigenvalue weighted by Gasteiger charge is 2.16. The second kappa shape index (κ2) is 8.54. The zero-order chi connectivity index (χ0) is 15.8. The predicted octanol–water partition coefficient (Wildman–Crippen LogP) is 4.89. The lowest BCUT2D eigenvalue weighted by Crippen LogP contribution is -2.06. The van der Waals surface area contributed by atoms with Crippen molar-refractivity contribution in [3.8, 4) is 0 Å². The first-order chi connectivity index (χ1) is 9.91. The summed E-state index contributed by atoms with van der Waals surface area (Å²) in [6, 6.07) is 1.46. The number of anilines is 1. The monoisotopic (exact) mass is 300 g/mol. The topological polar surface area (TPSA) is 55.2 Å². The molecule has 0 saturated carbocycles. The average Bonchev–Trinajstić information content (AvgIpc) is 2.39. The Bertz CT molecular complexity index is 456. The van der Waals surface area contributed by atoms with Gasteiger partial charge in [-0.15, -0.1) is 0 Å². The lowest BCUT2D eigenvalue weighted by molar-refractivity contribution is -0.385. The number of rotatable bonds is 9. The van der Waals surface area contributed by atoms with Crippen molar-refractivity contribution in [3.05, 3.63) is 33.9 Å². The summed E-state index contributed by atoms with van der Waals surface area (Å²) in [4.78, 5) is 9.66. The zero-order valence-corrected chi connectivity index (χ0v) is 12.5. The average molecular weight is 300 g/mol. The first kappa shape index (κ1) is 17.3. The Morgan fingerprint density at radius 1 is 1.14 bits per heavy atom. The molecule has 1 rings (SSSR count). The molecule has 6 heteroatoms. The zero-order valence-electron chi connectivity index (χ0n) is 12.5. The molecular weight excluding hydrogens is 278 g/mol. The molecule has 0 aliphatic rings. The number of hydrogen-bond acceptors (Lipinski definition) is 3. The van der Waals surface area contributed by atoms with E-state index in [-0.39, 0.29) is 5.69 Å². The van der Waals surface area contributed by atoms with Gasteiger partial charge in [0.25, 0.3) is 5.69 Å². The van der Waals surface area contributed by atoms with Crippen molar-refractivity contribution in [2.75, 3.05) is 11.9 Å². The van der Waals surface area contributed by atoms with Gasteiger partial charge in [-0.25, -0.2) is 8.78 Å². The fraction of sp³-hybridized carbons (Fsp3) is 0.600. The summed E-state index contributed by atoms with van der Waals surface area (Å²) in [7, 11) is 0. The molecule has 4 nitrogen and oxygen atoms in total. The van der Waals surface area contributed by atoms with Crippen LogP contribution in [-0.4, -0.2) is 11.5 Å². The SMILES string of the molecule is CC(C)CCCCCCNc1c(F)cc([N+](=O)[O-])cc1F. The van der Waals surface area contributed by atoms with Crippen LogP contribution in [0, 0.1) is 27.7 Å². The van der Waals surface area contributed by atoms with Crippen molar-refractivity contribution in [2.24, 2.45) is 5.92 Å². The molecule has 0 aliphatic heterocycles. The van der Waals surface area contributed by atoms with Crippen LogP contribution in [0.2, 0.25) is 0 Å². The van der Waals surface area contributed by atoms with E-state index >= 15 is 0 Å². The van der Waals surface area contributed by atoms with E-state index in [0.717, 1.165) is 37.8 Å². The molecule has 0 aromatic heterocycles. The summed E-state index contributed by atoms with van der Waals surface area (Å²) >= 11 is 0. The van der Waals surface area contributed by atoms with Crippen LogP contribution >= 0.6 is 0 Å². The van der Waals surface area contributed by atoms with Crippen LogP contribution in [-0.2, 0) is 0 Å². The molecule has 0 radical (unpaired) electrons. The van der Waals surface area contributed by atoms with E-state index in [1.54, 1.807) is 0 Å². The fourth-order valence-electron chi connectivity index (χ4n) is 2.08. The normalized spacial score (nSPS) is 10.9. The van der Waals surface area contributed by atoms with Crippen LogP contribution in [0.15, 0.2) is 12.1 Å². The third-order valence-corrected chi connectivity index (χ3v) is 3.25. The summed E-state index contributed by atoms with van der Waals surface area (Å²) in [6.45, 7) is 4.82. The van der Waals surface area contributed by atoms with Crippen LogP contribution in [0.25, 0.3) is 0 Å². The molecule has 0 unspecified atom stereocenters. The molecule has 118 valence electrons. The van der Waals surface area contributed by atoms with E-state index in [2.05, 4.69) is 19.2 Å². The van der Waals surface area contributed by atoms with Gasteiger partial charge in [-0.3, -0.25) is 10.1 Å². The van der Waals surface area contributed by atoms with Crippen molar-refractivity contribution in [2.45, 2.75) is 46.0 Å². The maximum atomic E-state index is 13.6. The first-order valence-electron chi connectivity index (χ1n) is 7.29. The van der Waals surface area contributed by atoms with Crippen molar-refractivity contribution in [1.82, 2.24) is 0 Å². The van der Waals surface area contributed by atoms with Gasteiger partial charge in [-0.05, 0) is 12.3 Å². The van der Waals surface area contributed by atoms with Crippen LogP contribution in [0.1, 0.15) is 46.0 Å². The Morgan fingerprint density at radius 3 is 2.24 bits per heavy atom. The lowest BCUT2D eigenvalue weighted by Gasteiger charge is -2.09. The predicted molar refractivity (Wildman–Crippen MR) is 79.4 cm³/mol. The number of nitrogens with one attached hydrogen (secondary N) is 1. The van der Waals surface area contributed by atoms with Gasteiger partial charge < -0.3 is 5.32 Å². The fourth-order valence-corrected chi connectivity index (χ4v) is 2.08. The quantitative estimate of drug-likeness (QED) is 0.401. The Kier molecular flexibility index (Phi) is 7.05. The van der Waals surface area contributed by atoms with Crippen LogP contribution < -0.4 is 5.32 Å².